The summed E-state index contributed by atoms with van der Waals surface area (Å²) < 4.78 is 0. The zero-order valence-corrected chi connectivity index (χ0v) is 17.1. The van der Waals surface area contributed by atoms with Crippen LogP contribution in [0.15, 0.2) is 23.3 Å². The molecule has 0 aromatic heterocycles. The minimum absolute atomic E-state index is 0. The number of hydrogen-bond acceptors (Lipinski definition) is 3. The topological polar surface area (TPSA) is 101 Å². The lowest BCUT2D eigenvalue weighted by Gasteiger charge is -2.55. The van der Waals surface area contributed by atoms with Gasteiger partial charge in [-0.05, 0) is 82.1 Å². The molecule has 5 nitrogen and oxygen atoms in total. The molecule has 1 unspecified atom stereocenters. The second-order valence-electron chi connectivity index (χ2n) is 9.13. The second-order valence-corrected chi connectivity index (χ2v) is 9.13. The summed E-state index contributed by atoms with van der Waals surface area (Å²) in [6, 6.07) is 0. The first-order valence-electron chi connectivity index (χ1n) is 9.80. The van der Waals surface area contributed by atoms with Crippen molar-refractivity contribution in [2.45, 2.75) is 70.8 Å². The SMILES string of the molecule is CCC1(C(=O)O)C=C(C)C=C(C(=O)O)C1.Cl.NC12CC3CC(CC(C3)C1)C2. The van der Waals surface area contributed by atoms with Gasteiger partial charge < -0.3 is 15.9 Å². The zero-order valence-electron chi connectivity index (χ0n) is 16.2. The van der Waals surface area contributed by atoms with Crippen LogP contribution in [0.5, 0.6) is 0 Å². The van der Waals surface area contributed by atoms with Gasteiger partial charge in [0.15, 0.2) is 0 Å². The number of rotatable bonds is 3. The summed E-state index contributed by atoms with van der Waals surface area (Å²) in [6.45, 7) is 3.47. The van der Waals surface area contributed by atoms with Crippen LogP contribution in [0, 0.1) is 23.2 Å². The van der Waals surface area contributed by atoms with E-state index in [2.05, 4.69) is 0 Å². The second kappa shape index (κ2) is 7.96. The Hall–Kier alpha value is -1.33. The van der Waals surface area contributed by atoms with Crippen molar-refractivity contribution < 1.29 is 19.8 Å². The summed E-state index contributed by atoms with van der Waals surface area (Å²) in [5.41, 5.74) is 6.44. The van der Waals surface area contributed by atoms with E-state index >= 15 is 0 Å². The van der Waals surface area contributed by atoms with Crippen molar-refractivity contribution in [3.05, 3.63) is 23.3 Å². The van der Waals surface area contributed by atoms with E-state index < -0.39 is 17.4 Å². The zero-order chi connectivity index (χ0) is 19.1. The monoisotopic (exact) mass is 397 g/mol. The fraction of sp³-hybridized carbons (Fsp3) is 0.714. The van der Waals surface area contributed by atoms with Crippen molar-refractivity contribution in [1.29, 1.82) is 0 Å². The Labute approximate surface area is 167 Å². The maximum Gasteiger partial charge on any atom is 0.331 e. The Balaban J connectivity index is 0.000000192. The van der Waals surface area contributed by atoms with Crippen molar-refractivity contribution in [3.63, 3.8) is 0 Å². The van der Waals surface area contributed by atoms with Gasteiger partial charge in [0.05, 0.1) is 5.41 Å². The highest BCUT2D eigenvalue weighted by Gasteiger charge is 2.48. The molecular weight excluding hydrogens is 366 g/mol. The normalized spacial score (nSPS) is 38.7. The largest absolute Gasteiger partial charge is 0.481 e. The fourth-order valence-electron chi connectivity index (χ4n) is 6.02. The number of allylic oxidation sites excluding steroid dienone is 2. The number of carbonyl (C=O) groups is 2. The number of aliphatic carboxylic acids is 2. The van der Waals surface area contributed by atoms with Crippen molar-refractivity contribution in [2.75, 3.05) is 0 Å². The lowest BCUT2D eigenvalue weighted by atomic mass is 9.53. The third-order valence-electron chi connectivity index (χ3n) is 6.83. The number of carboxylic acid groups (broad SMARTS) is 2. The molecule has 27 heavy (non-hydrogen) atoms. The van der Waals surface area contributed by atoms with Crippen LogP contribution in [0.2, 0.25) is 0 Å². The minimum Gasteiger partial charge on any atom is -0.481 e. The molecule has 0 saturated heterocycles. The van der Waals surface area contributed by atoms with Crippen LogP contribution in [-0.4, -0.2) is 27.7 Å². The highest BCUT2D eigenvalue weighted by molar-refractivity contribution is 5.90. The van der Waals surface area contributed by atoms with Crippen LogP contribution in [0.4, 0.5) is 0 Å². The summed E-state index contributed by atoms with van der Waals surface area (Å²) in [5, 5.41) is 18.0. The molecule has 5 aliphatic carbocycles. The van der Waals surface area contributed by atoms with Gasteiger partial charge in [0, 0.05) is 11.1 Å². The van der Waals surface area contributed by atoms with Gasteiger partial charge in [-0.2, -0.15) is 0 Å². The molecule has 1 atom stereocenters. The summed E-state index contributed by atoms with van der Waals surface area (Å²) >= 11 is 0. The molecule has 4 saturated carbocycles. The molecule has 5 rings (SSSR count). The van der Waals surface area contributed by atoms with E-state index in [1.165, 1.54) is 44.6 Å². The lowest BCUT2D eigenvalue weighted by molar-refractivity contribution is -0.146. The van der Waals surface area contributed by atoms with E-state index in [-0.39, 0.29) is 24.4 Å². The van der Waals surface area contributed by atoms with Crippen LogP contribution in [0.25, 0.3) is 0 Å². The molecule has 0 heterocycles. The standard InChI is InChI=1S/C11H14O4.C10H17N.ClH/c1-3-11(10(14)15)5-7(2)4-8(6-11)9(12)13;11-10-4-7-1-8(5-10)3-9(2-7)6-10;/h4-5H,3,6H2,1-2H3,(H,12,13)(H,14,15);7-9H,1-6,11H2;1H. The minimum atomic E-state index is -1.05. The molecule has 0 spiro atoms. The predicted octanol–water partition coefficient (Wildman–Crippen LogP) is 4.16. The first-order valence-corrected chi connectivity index (χ1v) is 9.80. The van der Waals surface area contributed by atoms with Gasteiger partial charge in [-0.3, -0.25) is 4.79 Å². The Morgan fingerprint density at radius 1 is 1.11 bits per heavy atom. The van der Waals surface area contributed by atoms with Gasteiger partial charge in [-0.15, -0.1) is 12.4 Å². The highest BCUT2D eigenvalue weighted by atomic mass is 35.5. The summed E-state index contributed by atoms with van der Waals surface area (Å²) in [6.07, 6.45) is 12.2. The smallest absolute Gasteiger partial charge is 0.331 e. The van der Waals surface area contributed by atoms with Crippen LogP contribution < -0.4 is 5.73 Å². The highest BCUT2D eigenvalue weighted by Crippen LogP contribution is 2.54. The van der Waals surface area contributed by atoms with Gasteiger partial charge in [0.1, 0.15) is 0 Å². The molecule has 5 aliphatic rings. The summed E-state index contributed by atoms with van der Waals surface area (Å²) in [4.78, 5) is 22.0. The molecule has 4 N–H and O–H groups in total. The first-order chi connectivity index (χ1) is 12.1. The van der Waals surface area contributed by atoms with E-state index in [1.54, 1.807) is 19.9 Å². The fourth-order valence-corrected chi connectivity index (χ4v) is 6.02. The van der Waals surface area contributed by atoms with Crippen molar-refractivity contribution >= 4 is 24.3 Å². The molecule has 0 amide bonds. The van der Waals surface area contributed by atoms with Crippen molar-refractivity contribution in [3.8, 4) is 0 Å². The first kappa shape index (κ1) is 22.0. The Bertz CT molecular complexity index is 634. The van der Waals surface area contributed by atoms with E-state index in [4.69, 9.17) is 15.9 Å². The Morgan fingerprint density at radius 3 is 1.93 bits per heavy atom. The van der Waals surface area contributed by atoms with Gasteiger partial charge in [0.2, 0.25) is 0 Å². The molecule has 0 radical (unpaired) electrons. The van der Waals surface area contributed by atoms with E-state index in [0.29, 0.717) is 17.5 Å². The maximum absolute atomic E-state index is 11.2. The van der Waals surface area contributed by atoms with E-state index in [1.807, 2.05) is 0 Å². The van der Waals surface area contributed by atoms with Crippen LogP contribution >= 0.6 is 12.4 Å². The van der Waals surface area contributed by atoms with Gasteiger partial charge in [0.25, 0.3) is 0 Å². The summed E-state index contributed by atoms with van der Waals surface area (Å²) in [5.74, 6) is 1.06. The molecule has 0 aliphatic heterocycles. The summed E-state index contributed by atoms with van der Waals surface area (Å²) in [7, 11) is 0. The number of carboxylic acids is 2. The Kier molecular flexibility index (Phi) is 6.48. The molecule has 4 fully saturated rings. The van der Waals surface area contributed by atoms with Crippen molar-refractivity contribution in [1.82, 2.24) is 0 Å². The predicted molar refractivity (Wildman–Crippen MR) is 107 cm³/mol. The van der Waals surface area contributed by atoms with Crippen molar-refractivity contribution in [2.24, 2.45) is 28.9 Å². The van der Waals surface area contributed by atoms with E-state index in [9.17, 15) is 9.59 Å². The average molecular weight is 398 g/mol. The third kappa shape index (κ3) is 4.57. The third-order valence-corrected chi connectivity index (χ3v) is 6.83. The average Bonchev–Trinajstić information content (AvgIpc) is 2.52. The number of halogens is 1. The van der Waals surface area contributed by atoms with Crippen LogP contribution in [-0.2, 0) is 9.59 Å². The van der Waals surface area contributed by atoms with E-state index in [0.717, 1.165) is 17.8 Å². The molecular formula is C21H32ClNO4. The molecule has 6 heteroatoms. The number of hydrogen-bond donors (Lipinski definition) is 3. The van der Waals surface area contributed by atoms with Crippen LogP contribution in [0.3, 0.4) is 0 Å². The maximum atomic E-state index is 11.2. The quantitative estimate of drug-likeness (QED) is 0.663. The molecule has 4 bridgehead atoms. The van der Waals surface area contributed by atoms with Gasteiger partial charge >= 0.3 is 11.9 Å². The lowest BCUT2D eigenvalue weighted by Crippen LogP contribution is -2.55. The molecule has 0 aromatic rings. The molecule has 152 valence electrons. The van der Waals surface area contributed by atoms with Gasteiger partial charge in [-0.25, -0.2) is 4.79 Å². The van der Waals surface area contributed by atoms with Crippen LogP contribution in [0.1, 0.15) is 65.2 Å². The van der Waals surface area contributed by atoms with Gasteiger partial charge in [-0.1, -0.05) is 18.6 Å². The number of nitrogens with two attached hydrogens (primary N) is 1. The Morgan fingerprint density at radius 2 is 1.59 bits per heavy atom. The molecule has 0 aromatic carbocycles.